The summed E-state index contributed by atoms with van der Waals surface area (Å²) in [4.78, 5) is 20.5. The summed E-state index contributed by atoms with van der Waals surface area (Å²) in [6.07, 6.45) is 3.22. The summed E-state index contributed by atoms with van der Waals surface area (Å²) in [5, 5.41) is 3.82. The Labute approximate surface area is 130 Å². The topological polar surface area (TPSA) is 54.9 Å². The predicted molar refractivity (Wildman–Crippen MR) is 90.0 cm³/mol. The molecule has 0 aliphatic rings. The van der Waals surface area contributed by atoms with E-state index in [1.165, 1.54) is 0 Å². The zero-order chi connectivity index (χ0) is 15.9. The van der Waals surface area contributed by atoms with Crippen molar-refractivity contribution in [1.82, 2.24) is 9.97 Å². The van der Waals surface area contributed by atoms with Crippen molar-refractivity contribution in [2.75, 3.05) is 5.32 Å². The van der Waals surface area contributed by atoms with Gasteiger partial charge in [-0.15, -0.1) is 0 Å². The normalized spacial score (nSPS) is 9.77. The van der Waals surface area contributed by atoms with Gasteiger partial charge in [-0.3, -0.25) is 14.8 Å². The van der Waals surface area contributed by atoms with Crippen LogP contribution in [0.1, 0.15) is 29.9 Å². The van der Waals surface area contributed by atoms with Gasteiger partial charge in [0, 0.05) is 17.3 Å². The van der Waals surface area contributed by atoms with Gasteiger partial charge in [-0.05, 0) is 31.2 Å². The number of carbonyl (C=O) groups excluding carboxylic acids is 1. The van der Waals surface area contributed by atoms with Crippen molar-refractivity contribution in [3.8, 4) is 0 Å². The molecule has 0 spiro atoms. The zero-order valence-corrected chi connectivity index (χ0v) is 13.0. The van der Waals surface area contributed by atoms with Crippen LogP contribution in [0.5, 0.6) is 0 Å². The maximum Gasteiger partial charge on any atom is 0.257 e. The minimum Gasteiger partial charge on any atom is -0.321 e. The number of para-hydroxylation sites is 1. The van der Waals surface area contributed by atoms with Gasteiger partial charge in [0.2, 0.25) is 0 Å². The fraction of sp³-hybridized carbons (Fsp3) is 0.167. The molecule has 0 aliphatic carbocycles. The van der Waals surface area contributed by atoms with Gasteiger partial charge in [-0.25, -0.2) is 0 Å². The number of fused-ring (bicyclic) bond motifs is 1. The van der Waals surface area contributed by atoms with Crippen LogP contribution in [0.25, 0.3) is 10.9 Å². The van der Waals surface area contributed by atoms with E-state index in [0.717, 1.165) is 16.6 Å². The second kappa shape index (κ2) is 7.31. The monoisotopic (exact) mass is 293 g/mol. The molecular weight excluding hydrogens is 274 g/mol. The van der Waals surface area contributed by atoms with E-state index in [1.807, 2.05) is 57.2 Å². The van der Waals surface area contributed by atoms with Gasteiger partial charge in [-0.1, -0.05) is 32.0 Å². The van der Waals surface area contributed by atoms with Crippen LogP contribution in [-0.2, 0) is 0 Å². The zero-order valence-electron chi connectivity index (χ0n) is 13.0. The average molecular weight is 293 g/mol. The maximum atomic E-state index is 12.1. The minimum atomic E-state index is -0.186. The van der Waals surface area contributed by atoms with E-state index in [2.05, 4.69) is 15.3 Å². The van der Waals surface area contributed by atoms with Gasteiger partial charge in [0.25, 0.3) is 5.91 Å². The highest BCUT2D eigenvalue weighted by molar-refractivity contribution is 6.04. The molecule has 2 aromatic heterocycles. The van der Waals surface area contributed by atoms with E-state index in [-0.39, 0.29) is 5.91 Å². The molecule has 4 nitrogen and oxygen atoms in total. The molecule has 0 saturated heterocycles. The minimum absolute atomic E-state index is 0.186. The van der Waals surface area contributed by atoms with E-state index >= 15 is 0 Å². The van der Waals surface area contributed by atoms with E-state index in [1.54, 1.807) is 18.5 Å². The molecule has 0 atom stereocenters. The molecule has 4 heteroatoms. The molecule has 22 heavy (non-hydrogen) atoms. The summed E-state index contributed by atoms with van der Waals surface area (Å²) in [5.41, 5.74) is 2.99. The quantitative estimate of drug-likeness (QED) is 0.769. The maximum absolute atomic E-state index is 12.1. The number of nitrogens with zero attached hydrogens (tertiary/aromatic N) is 2. The fourth-order valence-corrected chi connectivity index (χ4v) is 1.94. The van der Waals surface area contributed by atoms with Crippen molar-refractivity contribution in [3.63, 3.8) is 0 Å². The Bertz CT molecular complexity index is 767. The number of pyridine rings is 2. The van der Waals surface area contributed by atoms with Crippen LogP contribution < -0.4 is 5.32 Å². The number of nitrogens with one attached hydrogen (secondary N) is 1. The lowest BCUT2D eigenvalue weighted by Gasteiger charge is -2.06. The summed E-state index contributed by atoms with van der Waals surface area (Å²) >= 11 is 0. The van der Waals surface area contributed by atoms with Gasteiger partial charge < -0.3 is 5.32 Å². The Balaban J connectivity index is 0.000000847. The second-order valence-corrected chi connectivity index (χ2v) is 4.56. The van der Waals surface area contributed by atoms with Crippen molar-refractivity contribution in [2.45, 2.75) is 20.8 Å². The highest BCUT2D eigenvalue weighted by atomic mass is 16.1. The molecule has 1 aromatic carbocycles. The third kappa shape index (κ3) is 3.67. The van der Waals surface area contributed by atoms with E-state index in [9.17, 15) is 4.79 Å². The Kier molecular flexibility index (Phi) is 5.20. The van der Waals surface area contributed by atoms with E-state index in [4.69, 9.17) is 0 Å². The molecule has 0 unspecified atom stereocenters. The molecule has 2 heterocycles. The van der Waals surface area contributed by atoms with Gasteiger partial charge in [-0.2, -0.15) is 0 Å². The van der Waals surface area contributed by atoms with Gasteiger partial charge in [0.05, 0.1) is 23.0 Å². The molecular formula is C18H19N3O. The Morgan fingerprint density at radius 3 is 2.50 bits per heavy atom. The van der Waals surface area contributed by atoms with Gasteiger partial charge >= 0.3 is 0 Å². The van der Waals surface area contributed by atoms with Crippen LogP contribution >= 0.6 is 0 Å². The first-order chi connectivity index (χ1) is 10.7. The molecule has 0 radical (unpaired) electrons. The Hall–Kier alpha value is -2.75. The first kappa shape index (κ1) is 15.6. The summed E-state index contributed by atoms with van der Waals surface area (Å²) in [7, 11) is 0. The van der Waals surface area contributed by atoms with Crippen LogP contribution in [0.2, 0.25) is 0 Å². The van der Waals surface area contributed by atoms with E-state index < -0.39 is 0 Å². The SMILES string of the molecule is CC.Cc1ccc(C(=O)Nc2cnc3ccccc3c2)cn1. The highest BCUT2D eigenvalue weighted by Gasteiger charge is 2.07. The largest absolute Gasteiger partial charge is 0.321 e. The van der Waals surface area contributed by atoms with Crippen molar-refractivity contribution in [1.29, 1.82) is 0 Å². The lowest BCUT2D eigenvalue weighted by atomic mass is 10.2. The molecule has 0 saturated carbocycles. The van der Waals surface area contributed by atoms with Gasteiger partial charge in [0.1, 0.15) is 0 Å². The molecule has 1 N–H and O–H groups in total. The fourth-order valence-electron chi connectivity index (χ4n) is 1.94. The van der Waals surface area contributed by atoms with Crippen LogP contribution in [0.15, 0.2) is 54.9 Å². The third-order valence-electron chi connectivity index (χ3n) is 3.02. The molecule has 1 amide bonds. The number of carbonyl (C=O) groups is 1. The molecule has 0 aliphatic heterocycles. The average Bonchev–Trinajstić information content (AvgIpc) is 2.57. The number of aryl methyl sites for hydroxylation is 1. The molecule has 0 fully saturated rings. The van der Waals surface area contributed by atoms with Crippen LogP contribution in [0, 0.1) is 6.92 Å². The molecule has 0 bridgehead atoms. The number of benzene rings is 1. The summed E-state index contributed by atoms with van der Waals surface area (Å²) in [6.45, 7) is 5.88. The number of anilines is 1. The van der Waals surface area contributed by atoms with Crippen LogP contribution in [0.4, 0.5) is 5.69 Å². The van der Waals surface area contributed by atoms with Crippen LogP contribution in [0.3, 0.4) is 0 Å². The van der Waals surface area contributed by atoms with Crippen molar-refractivity contribution >= 4 is 22.5 Å². The number of aromatic nitrogens is 2. The molecule has 112 valence electrons. The second-order valence-electron chi connectivity index (χ2n) is 4.56. The molecule has 3 aromatic rings. The first-order valence-corrected chi connectivity index (χ1v) is 7.31. The summed E-state index contributed by atoms with van der Waals surface area (Å²) in [5.74, 6) is -0.186. The predicted octanol–water partition coefficient (Wildman–Crippen LogP) is 4.22. The first-order valence-electron chi connectivity index (χ1n) is 7.31. The Morgan fingerprint density at radius 1 is 1.00 bits per heavy atom. The number of hydrogen-bond donors (Lipinski definition) is 1. The number of amides is 1. The summed E-state index contributed by atoms with van der Waals surface area (Å²) in [6, 6.07) is 13.3. The van der Waals surface area contributed by atoms with Crippen molar-refractivity contribution < 1.29 is 4.79 Å². The Morgan fingerprint density at radius 2 is 1.77 bits per heavy atom. The van der Waals surface area contributed by atoms with E-state index in [0.29, 0.717) is 11.3 Å². The van der Waals surface area contributed by atoms with Crippen molar-refractivity contribution in [2.24, 2.45) is 0 Å². The smallest absolute Gasteiger partial charge is 0.257 e. The number of rotatable bonds is 2. The lowest BCUT2D eigenvalue weighted by molar-refractivity contribution is 0.102. The highest BCUT2D eigenvalue weighted by Crippen LogP contribution is 2.16. The van der Waals surface area contributed by atoms with Gasteiger partial charge in [0.15, 0.2) is 0 Å². The molecule has 3 rings (SSSR count). The van der Waals surface area contributed by atoms with Crippen molar-refractivity contribution in [3.05, 3.63) is 66.1 Å². The number of hydrogen-bond acceptors (Lipinski definition) is 3. The third-order valence-corrected chi connectivity index (χ3v) is 3.02. The lowest BCUT2D eigenvalue weighted by Crippen LogP contribution is -2.12. The summed E-state index contributed by atoms with van der Waals surface area (Å²) < 4.78 is 0. The van der Waals surface area contributed by atoms with Crippen LogP contribution in [-0.4, -0.2) is 15.9 Å². The standard InChI is InChI=1S/C16H13N3O.C2H6/c1-11-6-7-13(9-17-11)16(20)19-14-8-12-4-2-3-5-15(12)18-10-14;1-2/h2-10H,1H3,(H,19,20);1-2H3.